The van der Waals surface area contributed by atoms with E-state index in [2.05, 4.69) is 43.7 Å². The standard InChI is InChI=1S/C17H25NOS/c1-5-8-17(20-16(6-2)7-3)15(4)9-10-18-11-13-19-14-12-18/h1,6,8-9H,7,10-14H2,2-4H3/b15-9-,16-6+,17-8+. The Hall–Kier alpha value is -0.950. The van der Waals surface area contributed by atoms with Crippen LogP contribution in [-0.2, 0) is 4.74 Å². The number of rotatable bonds is 6. The van der Waals surface area contributed by atoms with E-state index in [0.29, 0.717) is 0 Å². The second kappa shape index (κ2) is 9.88. The quantitative estimate of drug-likeness (QED) is 0.545. The molecule has 0 aromatic heterocycles. The summed E-state index contributed by atoms with van der Waals surface area (Å²) in [6.07, 6.45) is 12.8. The van der Waals surface area contributed by atoms with Gasteiger partial charge in [-0.15, -0.1) is 6.42 Å². The van der Waals surface area contributed by atoms with Crippen molar-refractivity contribution in [1.82, 2.24) is 4.90 Å². The van der Waals surface area contributed by atoms with E-state index in [-0.39, 0.29) is 0 Å². The number of hydrogen-bond donors (Lipinski definition) is 0. The molecule has 0 saturated carbocycles. The second-order valence-corrected chi connectivity index (χ2v) is 5.85. The van der Waals surface area contributed by atoms with Crippen LogP contribution in [0.2, 0.25) is 0 Å². The number of allylic oxidation sites excluding steroid dienone is 4. The highest BCUT2D eigenvalue weighted by atomic mass is 32.2. The molecule has 1 saturated heterocycles. The predicted molar refractivity (Wildman–Crippen MR) is 89.6 cm³/mol. The van der Waals surface area contributed by atoms with Gasteiger partial charge in [-0.25, -0.2) is 0 Å². The zero-order chi connectivity index (χ0) is 14.8. The van der Waals surface area contributed by atoms with Gasteiger partial charge in [0.25, 0.3) is 0 Å². The summed E-state index contributed by atoms with van der Waals surface area (Å²) < 4.78 is 5.36. The molecule has 0 aromatic rings. The third-order valence-electron chi connectivity index (χ3n) is 3.27. The molecule has 1 heterocycles. The van der Waals surface area contributed by atoms with Crippen LogP contribution in [0.5, 0.6) is 0 Å². The van der Waals surface area contributed by atoms with E-state index >= 15 is 0 Å². The minimum atomic E-state index is 0.841. The first-order valence-corrected chi connectivity index (χ1v) is 7.99. The third kappa shape index (κ3) is 6.00. The molecule has 0 spiro atoms. The topological polar surface area (TPSA) is 12.5 Å². The molecule has 0 aliphatic carbocycles. The van der Waals surface area contributed by atoms with Gasteiger partial charge in [0.05, 0.1) is 13.2 Å². The Kier molecular flexibility index (Phi) is 8.45. The molecule has 0 radical (unpaired) electrons. The van der Waals surface area contributed by atoms with Crippen LogP contribution in [0.4, 0.5) is 0 Å². The van der Waals surface area contributed by atoms with Gasteiger partial charge in [0.15, 0.2) is 0 Å². The summed E-state index contributed by atoms with van der Waals surface area (Å²) in [5.41, 5.74) is 1.26. The number of ether oxygens (including phenoxy) is 1. The normalized spacial score (nSPS) is 19.0. The van der Waals surface area contributed by atoms with E-state index in [9.17, 15) is 0 Å². The van der Waals surface area contributed by atoms with Gasteiger partial charge in [-0.05, 0) is 30.7 Å². The molecule has 20 heavy (non-hydrogen) atoms. The number of terminal acetylenes is 1. The smallest absolute Gasteiger partial charge is 0.0594 e. The largest absolute Gasteiger partial charge is 0.379 e. The van der Waals surface area contributed by atoms with Gasteiger partial charge in [-0.2, -0.15) is 0 Å². The van der Waals surface area contributed by atoms with Crippen molar-refractivity contribution >= 4 is 11.8 Å². The summed E-state index contributed by atoms with van der Waals surface area (Å²) in [7, 11) is 0. The van der Waals surface area contributed by atoms with Crippen LogP contribution < -0.4 is 0 Å². The molecule has 0 bridgehead atoms. The van der Waals surface area contributed by atoms with Gasteiger partial charge in [0.1, 0.15) is 0 Å². The Bertz CT molecular complexity index is 423. The maximum Gasteiger partial charge on any atom is 0.0594 e. The first-order chi connectivity index (χ1) is 9.71. The van der Waals surface area contributed by atoms with Crippen molar-refractivity contribution in [2.45, 2.75) is 27.2 Å². The fraction of sp³-hybridized carbons (Fsp3) is 0.529. The van der Waals surface area contributed by atoms with E-state index in [0.717, 1.165) is 39.3 Å². The molecule has 1 aliphatic heterocycles. The van der Waals surface area contributed by atoms with Crippen molar-refractivity contribution in [3.05, 3.63) is 33.6 Å². The van der Waals surface area contributed by atoms with E-state index in [1.807, 2.05) is 6.08 Å². The number of thioether (sulfide) groups is 1. The van der Waals surface area contributed by atoms with Crippen LogP contribution in [0.15, 0.2) is 33.6 Å². The Morgan fingerprint density at radius 1 is 1.40 bits per heavy atom. The van der Waals surface area contributed by atoms with Crippen molar-refractivity contribution in [1.29, 1.82) is 0 Å². The van der Waals surface area contributed by atoms with Crippen molar-refractivity contribution in [2.75, 3.05) is 32.8 Å². The molecule has 1 fully saturated rings. The molecule has 110 valence electrons. The summed E-state index contributed by atoms with van der Waals surface area (Å²) in [5, 5.41) is 0. The fourth-order valence-corrected chi connectivity index (χ4v) is 2.84. The van der Waals surface area contributed by atoms with Crippen molar-refractivity contribution < 1.29 is 4.74 Å². The van der Waals surface area contributed by atoms with Gasteiger partial charge in [-0.3, -0.25) is 4.90 Å². The molecular weight excluding hydrogens is 266 g/mol. The zero-order valence-corrected chi connectivity index (χ0v) is 13.6. The predicted octanol–water partition coefficient (Wildman–Crippen LogP) is 3.83. The lowest BCUT2D eigenvalue weighted by Gasteiger charge is -2.25. The van der Waals surface area contributed by atoms with Crippen molar-refractivity contribution in [3.63, 3.8) is 0 Å². The van der Waals surface area contributed by atoms with Gasteiger partial charge >= 0.3 is 0 Å². The van der Waals surface area contributed by atoms with Crippen LogP contribution in [-0.4, -0.2) is 37.7 Å². The molecule has 0 N–H and O–H groups in total. The van der Waals surface area contributed by atoms with E-state index in [1.54, 1.807) is 11.8 Å². The maximum atomic E-state index is 5.45. The molecule has 3 heteroatoms. The Morgan fingerprint density at radius 3 is 2.65 bits per heavy atom. The molecule has 1 rings (SSSR count). The average Bonchev–Trinajstić information content (AvgIpc) is 2.50. The van der Waals surface area contributed by atoms with Gasteiger partial charge < -0.3 is 4.74 Å². The van der Waals surface area contributed by atoms with E-state index < -0.39 is 0 Å². The highest BCUT2D eigenvalue weighted by Crippen LogP contribution is 2.32. The van der Waals surface area contributed by atoms with Crippen LogP contribution in [0.3, 0.4) is 0 Å². The first-order valence-electron chi connectivity index (χ1n) is 7.17. The summed E-state index contributed by atoms with van der Waals surface area (Å²) in [4.78, 5) is 4.93. The van der Waals surface area contributed by atoms with E-state index in [4.69, 9.17) is 11.2 Å². The maximum absolute atomic E-state index is 5.45. The highest BCUT2D eigenvalue weighted by Gasteiger charge is 2.09. The number of nitrogens with zero attached hydrogens (tertiary/aromatic N) is 1. The molecule has 0 unspecified atom stereocenters. The van der Waals surface area contributed by atoms with E-state index in [1.165, 1.54) is 15.4 Å². The lowest BCUT2D eigenvalue weighted by Crippen LogP contribution is -2.36. The van der Waals surface area contributed by atoms with Crippen LogP contribution in [0.25, 0.3) is 0 Å². The van der Waals surface area contributed by atoms with Gasteiger partial charge in [-0.1, -0.05) is 36.8 Å². The molecular formula is C17H25NOS. The second-order valence-electron chi connectivity index (χ2n) is 4.69. The lowest BCUT2D eigenvalue weighted by molar-refractivity contribution is 0.0434. The van der Waals surface area contributed by atoms with Crippen LogP contribution in [0, 0.1) is 12.3 Å². The third-order valence-corrected chi connectivity index (χ3v) is 4.72. The molecule has 0 atom stereocenters. The molecule has 2 nitrogen and oxygen atoms in total. The SMILES string of the molecule is C#C/C=C(S/C(=C/C)CC)\C(C)=C/CN1CCOCC1. The zero-order valence-electron chi connectivity index (χ0n) is 12.8. The Morgan fingerprint density at radius 2 is 2.10 bits per heavy atom. The Balaban J connectivity index is 2.65. The molecule has 0 amide bonds. The lowest BCUT2D eigenvalue weighted by atomic mass is 10.2. The van der Waals surface area contributed by atoms with Gasteiger partial charge in [0.2, 0.25) is 0 Å². The minimum Gasteiger partial charge on any atom is -0.379 e. The fourth-order valence-electron chi connectivity index (χ4n) is 1.93. The van der Waals surface area contributed by atoms with Gasteiger partial charge in [0, 0.05) is 30.6 Å². The number of hydrogen-bond acceptors (Lipinski definition) is 3. The highest BCUT2D eigenvalue weighted by molar-refractivity contribution is 8.06. The van der Waals surface area contributed by atoms with Crippen molar-refractivity contribution in [2.24, 2.45) is 0 Å². The van der Waals surface area contributed by atoms with Crippen molar-refractivity contribution in [3.8, 4) is 12.3 Å². The average molecular weight is 291 g/mol. The Labute approximate surface area is 127 Å². The summed E-state index contributed by atoms with van der Waals surface area (Å²) >= 11 is 1.78. The van der Waals surface area contributed by atoms with Crippen LogP contribution in [0.1, 0.15) is 27.2 Å². The summed E-state index contributed by atoms with van der Waals surface area (Å²) in [6.45, 7) is 11.1. The summed E-state index contributed by atoms with van der Waals surface area (Å²) in [6, 6.07) is 0. The molecule has 0 aromatic carbocycles. The minimum absolute atomic E-state index is 0.841. The summed E-state index contributed by atoms with van der Waals surface area (Å²) in [5.74, 6) is 2.66. The number of morpholine rings is 1. The first kappa shape index (κ1) is 17.1. The van der Waals surface area contributed by atoms with Crippen LogP contribution >= 0.6 is 11.8 Å². The molecule has 1 aliphatic rings. The monoisotopic (exact) mass is 291 g/mol.